The second-order valence-electron chi connectivity index (χ2n) is 7.56. The fourth-order valence-electron chi connectivity index (χ4n) is 3.20. The predicted molar refractivity (Wildman–Crippen MR) is 111 cm³/mol. The van der Waals surface area contributed by atoms with Gasteiger partial charge in [0.25, 0.3) is 0 Å². The van der Waals surface area contributed by atoms with Crippen LogP contribution in [0.2, 0.25) is 0 Å². The number of unbranched alkanes of at least 4 members (excludes halogenated alkanes) is 10. The number of hydrogen-bond donors (Lipinski definition) is 0. The molecule has 146 valence electrons. The summed E-state index contributed by atoms with van der Waals surface area (Å²) in [7, 11) is 0. The fourth-order valence-corrected chi connectivity index (χ4v) is 3.20. The van der Waals surface area contributed by atoms with Crippen LogP contribution < -0.4 is 4.74 Å². The SMILES string of the molecule is CCCCCCCCCCCC/C=C/Cc1cccc(OCC2CO2)c1. The lowest BCUT2D eigenvalue weighted by Gasteiger charge is -2.05. The molecule has 2 rings (SSSR count). The first-order chi connectivity index (χ1) is 12.9. The van der Waals surface area contributed by atoms with E-state index in [9.17, 15) is 0 Å². The minimum atomic E-state index is 0.319. The Balaban J connectivity index is 1.43. The highest BCUT2D eigenvalue weighted by Crippen LogP contribution is 2.17. The van der Waals surface area contributed by atoms with Crippen molar-refractivity contribution >= 4 is 0 Å². The van der Waals surface area contributed by atoms with Crippen LogP contribution in [0.15, 0.2) is 36.4 Å². The minimum Gasteiger partial charge on any atom is -0.491 e. The van der Waals surface area contributed by atoms with Crippen molar-refractivity contribution in [3.63, 3.8) is 0 Å². The summed E-state index contributed by atoms with van der Waals surface area (Å²) in [5, 5.41) is 0. The van der Waals surface area contributed by atoms with Crippen LogP contribution >= 0.6 is 0 Å². The second-order valence-corrected chi connectivity index (χ2v) is 7.56. The van der Waals surface area contributed by atoms with Gasteiger partial charge < -0.3 is 9.47 Å². The smallest absolute Gasteiger partial charge is 0.119 e. The quantitative estimate of drug-likeness (QED) is 0.183. The van der Waals surface area contributed by atoms with Crippen molar-refractivity contribution in [2.75, 3.05) is 13.2 Å². The molecule has 1 atom stereocenters. The molecule has 0 N–H and O–H groups in total. The average Bonchev–Trinajstić information content (AvgIpc) is 3.49. The first-order valence-corrected chi connectivity index (χ1v) is 10.9. The van der Waals surface area contributed by atoms with E-state index in [1.807, 2.05) is 6.07 Å². The summed E-state index contributed by atoms with van der Waals surface area (Å²) in [6.07, 6.45) is 21.2. The van der Waals surface area contributed by atoms with Crippen molar-refractivity contribution in [3.8, 4) is 5.75 Å². The standard InChI is InChI=1S/C24H38O2/c1-2-3-4-5-6-7-8-9-10-11-12-13-14-16-22-17-15-18-23(19-22)25-20-24-21-26-24/h13-15,17-19,24H,2-12,16,20-21H2,1H3/b14-13+. The van der Waals surface area contributed by atoms with E-state index in [0.717, 1.165) is 18.8 Å². The zero-order chi connectivity index (χ0) is 18.3. The Labute approximate surface area is 161 Å². The van der Waals surface area contributed by atoms with E-state index in [1.165, 1.54) is 76.2 Å². The van der Waals surface area contributed by atoms with Crippen LogP contribution in [-0.4, -0.2) is 19.3 Å². The summed E-state index contributed by atoms with van der Waals surface area (Å²) in [6.45, 7) is 3.81. The van der Waals surface area contributed by atoms with Crippen LogP contribution in [0.4, 0.5) is 0 Å². The van der Waals surface area contributed by atoms with Gasteiger partial charge in [-0.1, -0.05) is 89.0 Å². The molecule has 0 amide bonds. The molecule has 1 unspecified atom stereocenters. The molecule has 0 saturated carbocycles. The minimum absolute atomic E-state index is 0.319. The topological polar surface area (TPSA) is 21.8 Å². The number of benzene rings is 1. The predicted octanol–water partition coefficient (Wildman–Crippen LogP) is 6.87. The summed E-state index contributed by atoms with van der Waals surface area (Å²) in [5.74, 6) is 0.959. The van der Waals surface area contributed by atoms with Gasteiger partial charge in [-0.05, 0) is 37.0 Å². The Bertz CT molecular complexity index is 491. The Hall–Kier alpha value is -1.28. The number of ether oxygens (including phenoxy) is 2. The number of rotatable bonds is 16. The van der Waals surface area contributed by atoms with Gasteiger partial charge in [0.2, 0.25) is 0 Å². The van der Waals surface area contributed by atoms with Crippen molar-refractivity contribution in [2.24, 2.45) is 0 Å². The van der Waals surface area contributed by atoms with E-state index < -0.39 is 0 Å². The largest absolute Gasteiger partial charge is 0.491 e. The Kier molecular flexibility index (Phi) is 11.2. The van der Waals surface area contributed by atoms with E-state index in [1.54, 1.807) is 0 Å². The molecule has 0 aliphatic carbocycles. The number of allylic oxidation sites excluding steroid dienone is 2. The molecular formula is C24H38O2. The second kappa shape index (κ2) is 13.9. The molecule has 1 saturated heterocycles. The maximum Gasteiger partial charge on any atom is 0.119 e. The normalized spacial score (nSPS) is 16.3. The summed E-state index contributed by atoms with van der Waals surface area (Å²) in [5.41, 5.74) is 1.32. The van der Waals surface area contributed by atoms with Gasteiger partial charge in [-0.15, -0.1) is 0 Å². The van der Waals surface area contributed by atoms with Crippen LogP contribution in [0.25, 0.3) is 0 Å². The highest BCUT2D eigenvalue weighted by molar-refractivity contribution is 5.29. The van der Waals surface area contributed by atoms with Crippen LogP contribution in [0.3, 0.4) is 0 Å². The lowest BCUT2D eigenvalue weighted by molar-refractivity contribution is 0.263. The number of epoxide rings is 1. The molecule has 1 fully saturated rings. The zero-order valence-corrected chi connectivity index (χ0v) is 16.8. The molecule has 2 nitrogen and oxygen atoms in total. The van der Waals surface area contributed by atoms with Crippen molar-refractivity contribution in [1.82, 2.24) is 0 Å². The fraction of sp³-hybridized carbons (Fsp3) is 0.667. The summed E-state index contributed by atoms with van der Waals surface area (Å²) in [6, 6.07) is 8.42. The third-order valence-corrected chi connectivity index (χ3v) is 4.98. The molecule has 0 bridgehead atoms. The van der Waals surface area contributed by atoms with Gasteiger partial charge in [0.05, 0.1) is 6.61 Å². The highest BCUT2D eigenvalue weighted by atomic mass is 16.6. The molecule has 26 heavy (non-hydrogen) atoms. The van der Waals surface area contributed by atoms with E-state index in [0.29, 0.717) is 12.7 Å². The molecule has 0 spiro atoms. The summed E-state index contributed by atoms with van der Waals surface area (Å²) in [4.78, 5) is 0. The van der Waals surface area contributed by atoms with Crippen molar-refractivity contribution in [3.05, 3.63) is 42.0 Å². The lowest BCUT2D eigenvalue weighted by Crippen LogP contribution is -2.04. The van der Waals surface area contributed by atoms with E-state index in [-0.39, 0.29) is 0 Å². The third kappa shape index (κ3) is 10.7. The first kappa shape index (κ1) is 21.0. The summed E-state index contributed by atoms with van der Waals surface area (Å²) >= 11 is 0. The van der Waals surface area contributed by atoms with Gasteiger partial charge in [-0.25, -0.2) is 0 Å². The average molecular weight is 359 g/mol. The van der Waals surface area contributed by atoms with Gasteiger partial charge in [0.15, 0.2) is 0 Å². The van der Waals surface area contributed by atoms with Crippen LogP contribution in [-0.2, 0) is 11.2 Å². The van der Waals surface area contributed by atoms with Gasteiger partial charge in [-0.3, -0.25) is 0 Å². The highest BCUT2D eigenvalue weighted by Gasteiger charge is 2.22. The molecule has 2 heteroatoms. The Morgan fingerprint density at radius 2 is 1.65 bits per heavy atom. The van der Waals surface area contributed by atoms with E-state index in [2.05, 4.69) is 37.3 Å². The van der Waals surface area contributed by atoms with Crippen LogP contribution in [0, 0.1) is 0 Å². The van der Waals surface area contributed by atoms with Gasteiger partial charge in [0.1, 0.15) is 18.5 Å². The molecule has 1 heterocycles. The lowest BCUT2D eigenvalue weighted by atomic mass is 10.1. The van der Waals surface area contributed by atoms with Gasteiger partial charge in [-0.2, -0.15) is 0 Å². The molecule has 1 aliphatic heterocycles. The van der Waals surface area contributed by atoms with Crippen LogP contribution in [0.5, 0.6) is 5.75 Å². The monoisotopic (exact) mass is 358 g/mol. The maximum absolute atomic E-state index is 5.74. The van der Waals surface area contributed by atoms with Gasteiger partial charge >= 0.3 is 0 Å². The zero-order valence-electron chi connectivity index (χ0n) is 16.8. The van der Waals surface area contributed by atoms with E-state index in [4.69, 9.17) is 9.47 Å². The Morgan fingerprint density at radius 1 is 0.962 bits per heavy atom. The molecule has 0 aromatic heterocycles. The molecule has 1 aromatic carbocycles. The molecule has 1 aromatic rings. The third-order valence-electron chi connectivity index (χ3n) is 4.98. The summed E-state index contributed by atoms with van der Waals surface area (Å²) < 4.78 is 10.9. The number of hydrogen-bond acceptors (Lipinski definition) is 2. The van der Waals surface area contributed by atoms with E-state index >= 15 is 0 Å². The maximum atomic E-state index is 5.74. The van der Waals surface area contributed by atoms with Crippen LogP contribution in [0.1, 0.15) is 83.1 Å². The molecule has 0 radical (unpaired) electrons. The van der Waals surface area contributed by atoms with Gasteiger partial charge in [0, 0.05) is 0 Å². The first-order valence-electron chi connectivity index (χ1n) is 10.9. The van der Waals surface area contributed by atoms with Crippen molar-refractivity contribution in [2.45, 2.75) is 90.1 Å². The van der Waals surface area contributed by atoms with Crippen molar-refractivity contribution in [1.29, 1.82) is 0 Å². The Morgan fingerprint density at radius 3 is 2.35 bits per heavy atom. The molecule has 1 aliphatic rings. The van der Waals surface area contributed by atoms with Crippen molar-refractivity contribution < 1.29 is 9.47 Å². The molecular weight excluding hydrogens is 320 g/mol.